The van der Waals surface area contributed by atoms with Gasteiger partial charge in [-0.05, 0) is 30.7 Å². The fraction of sp³-hybridized carbons (Fsp3) is 0.429. The second-order valence-corrected chi connectivity index (χ2v) is 9.74. The molecule has 0 spiro atoms. The van der Waals surface area contributed by atoms with Crippen molar-refractivity contribution < 1.29 is 4.79 Å². The van der Waals surface area contributed by atoms with E-state index in [9.17, 15) is 4.79 Å². The summed E-state index contributed by atoms with van der Waals surface area (Å²) in [5.74, 6) is 2.24. The van der Waals surface area contributed by atoms with Gasteiger partial charge in [-0.1, -0.05) is 37.7 Å². The van der Waals surface area contributed by atoms with Crippen molar-refractivity contribution in [3.63, 3.8) is 0 Å². The van der Waals surface area contributed by atoms with Gasteiger partial charge in [0.1, 0.15) is 5.82 Å². The number of carbonyl (C=O) groups excluding carboxylic acids is 1. The van der Waals surface area contributed by atoms with Gasteiger partial charge in [0.2, 0.25) is 0 Å². The van der Waals surface area contributed by atoms with Crippen molar-refractivity contribution >= 4 is 40.8 Å². The third kappa shape index (κ3) is 6.33. The number of thioether (sulfide) groups is 2. The maximum Gasteiger partial charge on any atom is 0.252 e. The maximum absolute atomic E-state index is 12.7. The first-order valence-electron chi connectivity index (χ1n) is 9.91. The van der Waals surface area contributed by atoms with E-state index < -0.39 is 0 Å². The first kappa shape index (κ1) is 22.8. The zero-order valence-electron chi connectivity index (χ0n) is 17.5. The second kappa shape index (κ2) is 11.5. The molecular formula is C21H27N5OS3. The Hall–Kier alpha value is -1.84. The van der Waals surface area contributed by atoms with Crippen LogP contribution in [-0.2, 0) is 18.7 Å². The summed E-state index contributed by atoms with van der Waals surface area (Å²) in [6, 6.07) is 7.73. The van der Waals surface area contributed by atoms with Crippen molar-refractivity contribution in [2.45, 2.75) is 49.0 Å². The highest BCUT2D eigenvalue weighted by molar-refractivity contribution is 7.98. The quantitative estimate of drug-likeness (QED) is 0.328. The summed E-state index contributed by atoms with van der Waals surface area (Å²) in [5, 5.41) is 14.7. The number of benzene rings is 1. The molecule has 2 heterocycles. The number of aromatic nitrogens is 4. The van der Waals surface area contributed by atoms with E-state index in [1.165, 1.54) is 0 Å². The summed E-state index contributed by atoms with van der Waals surface area (Å²) in [6.07, 6.45) is 3.64. The zero-order valence-corrected chi connectivity index (χ0v) is 19.9. The standard InChI is InChI=1S/C21H27N5OS3/c1-15(2)11-26-19(24-25-21(26)28-3)9-6-10-22-20(27)17-7-4-5-8-18(17)30-13-16-12-29-14-23-16/h4-5,7-8,12,14-15H,6,9-11,13H2,1-3H3,(H,22,27). The Balaban J connectivity index is 1.52. The summed E-state index contributed by atoms with van der Waals surface area (Å²) in [6.45, 7) is 5.90. The van der Waals surface area contributed by atoms with Gasteiger partial charge in [-0.3, -0.25) is 4.79 Å². The summed E-state index contributed by atoms with van der Waals surface area (Å²) < 4.78 is 2.20. The zero-order chi connectivity index (χ0) is 21.3. The molecule has 1 amide bonds. The van der Waals surface area contributed by atoms with Gasteiger partial charge in [-0.15, -0.1) is 33.3 Å². The molecule has 0 fully saturated rings. The molecule has 0 saturated carbocycles. The average Bonchev–Trinajstić information content (AvgIpc) is 3.39. The second-order valence-electron chi connectivity index (χ2n) is 7.23. The Kier molecular flexibility index (Phi) is 8.77. The number of nitrogens with one attached hydrogen (secondary N) is 1. The molecule has 3 rings (SSSR count). The summed E-state index contributed by atoms with van der Waals surface area (Å²) in [7, 11) is 0. The van der Waals surface area contributed by atoms with Crippen LogP contribution in [0.1, 0.15) is 42.1 Å². The molecule has 0 atom stereocenters. The van der Waals surface area contributed by atoms with E-state index >= 15 is 0 Å². The largest absolute Gasteiger partial charge is 0.352 e. The Morgan fingerprint density at radius 3 is 2.83 bits per heavy atom. The minimum absolute atomic E-state index is 0.0372. The van der Waals surface area contributed by atoms with Crippen LogP contribution >= 0.6 is 34.9 Å². The molecule has 3 aromatic rings. The van der Waals surface area contributed by atoms with Crippen LogP contribution in [-0.4, -0.2) is 38.5 Å². The van der Waals surface area contributed by atoms with Gasteiger partial charge in [-0.25, -0.2) is 4.98 Å². The molecule has 0 radical (unpaired) electrons. The van der Waals surface area contributed by atoms with Crippen LogP contribution in [0.3, 0.4) is 0 Å². The minimum atomic E-state index is -0.0372. The highest BCUT2D eigenvalue weighted by Crippen LogP contribution is 2.26. The molecule has 0 aliphatic carbocycles. The Morgan fingerprint density at radius 1 is 1.27 bits per heavy atom. The maximum atomic E-state index is 12.7. The van der Waals surface area contributed by atoms with Crippen molar-refractivity contribution in [1.29, 1.82) is 0 Å². The van der Waals surface area contributed by atoms with Crippen molar-refractivity contribution in [3.8, 4) is 0 Å². The number of hydrogen-bond acceptors (Lipinski definition) is 7. The van der Waals surface area contributed by atoms with E-state index in [0.29, 0.717) is 18.0 Å². The molecule has 0 aliphatic rings. The Labute approximate surface area is 190 Å². The van der Waals surface area contributed by atoms with E-state index in [0.717, 1.165) is 46.7 Å². The number of thiazole rings is 1. The lowest BCUT2D eigenvalue weighted by Gasteiger charge is -2.12. The molecule has 0 saturated heterocycles. The van der Waals surface area contributed by atoms with Crippen LogP contribution in [0, 0.1) is 5.92 Å². The van der Waals surface area contributed by atoms with E-state index in [1.54, 1.807) is 34.9 Å². The van der Waals surface area contributed by atoms with Crippen LogP contribution in [0.5, 0.6) is 0 Å². The predicted octanol–water partition coefficient (Wildman–Crippen LogP) is 4.77. The van der Waals surface area contributed by atoms with Gasteiger partial charge < -0.3 is 9.88 Å². The first-order chi connectivity index (χ1) is 14.6. The molecule has 0 unspecified atom stereocenters. The number of hydrogen-bond donors (Lipinski definition) is 1. The predicted molar refractivity (Wildman–Crippen MR) is 125 cm³/mol. The van der Waals surface area contributed by atoms with Crippen LogP contribution in [0.2, 0.25) is 0 Å². The topological polar surface area (TPSA) is 72.7 Å². The van der Waals surface area contributed by atoms with E-state index in [2.05, 4.69) is 38.9 Å². The van der Waals surface area contributed by atoms with Gasteiger partial charge in [-0.2, -0.15) is 0 Å². The highest BCUT2D eigenvalue weighted by Gasteiger charge is 2.14. The molecule has 0 aliphatic heterocycles. The number of amides is 1. The first-order valence-corrected chi connectivity index (χ1v) is 13.1. The SMILES string of the molecule is CSc1nnc(CCCNC(=O)c2ccccc2SCc2cscn2)n1CC(C)C. The van der Waals surface area contributed by atoms with Crippen LogP contribution in [0.25, 0.3) is 0 Å². The fourth-order valence-electron chi connectivity index (χ4n) is 2.99. The van der Waals surface area contributed by atoms with Crippen molar-refractivity contribution in [2.75, 3.05) is 12.8 Å². The summed E-state index contributed by atoms with van der Waals surface area (Å²) >= 11 is 4.85. The van der Waals surface area contributed by atoms with Crippen molar-refractivity contribution in [3.05, 3.63) is 52.2 Å². The Morgan fingerprint density at radius 2 is 2.10 bits per heavy atom. The molecule has 9 heteroatoms. The number of rotatable bonds is 11. The van der Waals surface area contributed by atoms with E-state index in [-0.39, 0.29) is 5.91 Å². The summed E-state index contributed by atoms with van der Waals surface area (Å²) in [4.78, 5) is 18.0. The monoisotopic (exact) mass is 461 g/mol. The molecule has 0 bridgehead atoms. The molecule has 6 nitrogen and oxygen atoms in total. The average molecular weight is 462 g/mol. The molecule has 30 heavy (non-hydrogen) atoms. The van der Waals surface area contributed by atoms with E-state index in [1.807, 2.05) is 41.4 Å². The molecule has 1 aromatic carbocycles. The van der Waals surface area contributed by atoms with Crippen LogP contribution in [0.4, 0.5) is 0 Å². The third-order valence-electron chi connectivity index (χ3n) is 4.38. The molecule has 1 N–H and O–H groups in total. The van der Waals surface area contributed by atoms with Gasteiger partial charge in [0, 0.05) is 35.5 Å². The lowest BCUT2D eigenvalue weighted by Crippen LogP contribution is -2.25. The van der Waals surface area contributed by atoms with Crippen molar-refractivity contribution in [1.82, 2.24) is 25.1 Å². The summed E-state index contributed by atoms with van der Waals surface area (Å²) in [5.41, 5.74) is 3.58. The highest BCUT2D eigenvalue weighted by atomic mass is 32.2. The van der Waals surface area contributed by atoms with Gasteiger partial charge in [0.15, 0.2) is 5.16 Å². The molecule has 160 valence electrons. The molecular weight excluding hydrogens is 434 g/mol. The lowest BCUT2D eigenvalue weighted by molar-refractivity contribution is 0.0950. The van der Waals surface area contributed by atoms with Gasteiger partial charge in [0.05, 0.1) is 16.8 Å². The van der Waals surface area contributed by atoms with Gasteiger partial charge >= 0.3 is 0 Å². The Bertz CT molecular complexity index is 940. The van der Waals surface area contributed by atoms with Gasteiger partial charge in [0.25, 0.3) is 5.91 Å². The number of carbonyl (C=O) groups is 1. The van der Waals surface area contributed by atoms with E-state index in [4.69, 9.17) is 0 Å². The normalized spacial score (nSPS) is 11.2. The fourth-order valence-corrected chi connectivity index (χ4v) is 5.13. The van der Waals surface area contributed by atoms with Crippen LogP contribution in [0.15, 0.2) is 45.2 Å². The lowest BCUT2D eigenvalue weighted by atomic mass is 10.2. The number of nitrogens with zero attached hydrogens (tertiary/aromatic N) is 4. The smallest absolute Gasteiger partial charge is 0.252 e. The third-order valence-corrected chi connectivity index (χ3v) is 6.79. The van der Waals surface area contributed by atoms with Crippen LogP contribution < -0.4 is 5.32 Å². The van der Waals surface area contributed by atoms with Crippen molar-refractivity contribution in [2.24, 2.45) is 5.92 Å². The molecule has 2 aromatic heterocycles. The minimum Gasteiger partial charge on any atom is -0.352 e. The number of aryl methyl sites for hydroxylation is 1.